The maximum Gasteiger partial charge on any atom is 0.0770 e. The zero-order valence-corrected chi connectivity index (χ0v) is 8.99. The molecular formula is C10H11ClN4. The van der Waals surface area contributed by atoms with Gasteiger partial charge < -0.3 is 11.1 Å². The Balaban J connectivity index is 2.24. The number of nitrogens with zero attached hydrogens (tertiary/aromatic N) is 2. The van der Waals surface area contributed by atoms with Gasteiger partial charge in [0.15, 0.2) is 0 Å². The predicted molar refractivity (Wildman–Crippen MR) is 62.4 cm³/mol. The maximum absolute atomic E-state index is 6.02. The fourth-order valence-electron chi connectivity index (χ4n) is 1.27. The summed E-state index contributed by atoms with van der Waals surface area (Å²) in [6.45, 7) is 0. The van der Waals surface area contributed by atoms with Crippen LogP contribution in [-0.4, -0.2) is 9.78 Å². The highest BCUT2D eigenvalue weighted by atomic mass is 35.5. The molecule has 0 aliphatic carbocycles. The second-order valence-corrected chi connectivity index (χ2v) is 3.67. The average Bonchev–Trinajstić information content (AvgIpc) is 2.56. The number of nitrogens with two attached hydrogens (primary N) is 1. The molecule has 4 nitrogen and oxygen atoms in total. The fourth-order valence-corrected chi connectivity index (χ4v) is 1.51. The van der Waals surface area contributed by atoms with Crippen molar-refractivity contribution in [1.82, 2.24) is 9.78 Å². The van der Waals surface area contributed by atoms with Crippen LogP contribution in [0.4, 0.5) is 17.1 Å². The molecule has 15 heavy (non-hydrogen) atoms. The van der Waals surface area contributed by atoms with Gasteiger partial charge in [-0.1, -0.05) is 11.6 Å². The molecule has 0 spiro atoms. The Morgan fingerprint density at radius 1 is 1.47 bits per heavy atom. The van der Waals surface area contributed by atoms with Crippen molar-refractivity contribution in [2.45, 2.75) is 0 Å². The highest BCUT2D eigenvalue weighted by Gasteiger charge is 2.02. The van der Waals surface area contributed by atoms with Crippen LogP contribution in [0.15, 0.2) is 30.6 Å². The first kappa shape index (κ1) is 9.86. The van der Waals surface area contributed by atoms with Crippen LogP contribution in [0, 0.1) is 0 Å². The lowest BCUT2D eigenvalue weighted by molar-refractivity contribution is 0.768. The number of anilines is 3. The third kappa shape index (κ3) is 2.22. The number of aryl methyl sites for hydroxylation is 1. The first-order chi connectivity index (χ1) is 7.15. The van der Waals surface area contributed by atoms with Crippen LogP contribution < -0.4 is 11.1 Å². The van der Waals surface area contributed by atoms with Crippen LogP contribution >= 0.6 is 11.6 Å². The number of nitrogen functional groups attached to an aromatic ring is 1. The largest absolute Gasteiger partial charge is 0.399 e. The Kier molecular flexibility index (Phi) is 2.51. The van der Waals surface area contributed by atoms with Gasteiger partial charge in [-0.2, -0.15) is 5.10 Å². The van der Waals surface area contributed by atoms with E-state index in [0.717, 1.165) is 11.4 Å². The van der Waals surface area contributed by atoms with Crippen LogP contribution in [-0.2, 0) is 7.05 Å². The number of benzene rings is 1. The molecule has 78 valence electrons. The summed E-state index contributed by atoms with van der Waals surface area (Å²) in [5.74, 6) is 0. The summed E-state index contributed by atoms with van der Waals surface area (Å²) < 4.78 is 1.72. The lowest BCUT2D eigenvalue weighted by Gasteiger charge is -2.06. The number of rotatable bonds is 2. The fraction of sp³-hybridized carbons (Fsp3) is 0.100. The van der Waals surface area contributed by atoms with E-state index in [0.29, 0.717) is 10.7 Å². The summed E-state index contributed by atoms with van der Waals surface area (Å²) in [5, 5.41) is 7.79. The molecule has 1 aromatic heterocycles. The minimum absolute atomic E-state index is 0.596. The van der Waals surface area contributed by atoms with Crippen molar-refractivity contribution in [3.8, 4) is 0 Å². The van der Waals surface area contributed by atoms with E-state index < -0.39 is 0 Å². The van der Waals surface area contributed by atoms with E-state index in [2.05, 4.69) is 10.4 Å². The van der Waals surface area contributed by atoms with E-state index in [9.17, 15) is 0 Å². The van der Waals surface area contributed by atoms with E-state index in [-0.39, 0.29) is 0 Å². The molecule has 3 N–H and O–H groups in total. The van der Waals surface area contributed by atoms with Gasteiger partial charge in [-0.05, 0) is 18.2 Å². The van der Waals surface area contributed by atoms with Crippen LogP contribution in [0.5, 0.6) is 0 Å². The van der Waals surface area contributed by atoms with Gasteiger partial charge in [-0.25, -0.2) is 0 Å². The monoisotopic (exact) mass is 222 g/mol. The number of nitrogens with one attached hydrogen (secondary N) is 1. The summed E-state index contributed by atoms with van der Waals surface area (Å²) in [6.07, 6.45) is 3.60. The van der Waals surface area contributed by atoms with Crippen molar-refractivity contribution in [3.05, 3.63) is 35.6 Å². The molecule has 0 radical (unpaired) electrons. The second kappa shape index (κ2) is 3.82. The average molecular weight is 223 g/mol. The Hall–Kier alpha value is -1.68. The molecule has 0 atom stereocenters. The van der Waals surface area contributed by atoms with Crippen LogP contribution in [0.1, 0.15) is 0 Å². The molecule has 2 aromatic rings. The zero-order valence-electron chi connectivity index (χ0n) is 8.24. The lowest BCUT2D eigenvalue weighted by atomic mass is 10.3. The lowest BCUT2D eigenvalue weighted by Crippen LogP contribution is -1.91. The summed E-state index contributed by atoms with van der Waals surface area (Å²) in [4.78, 5) is 0. The van der Waals surface area contributed by atoms with E-state index in [4.69, 9.17) is 17.3 Å². The van der Waals surface area contributed by atoms with Crippen LogP contribution in [0.25, 0.3) is 0 Å². The van der Waals surface area contributed by atoms with E-state index in [1.165, 1.54) is 0 Å². The highest BCUT2D eigenvalue weighted by Crippen LogP contribution is 2.26. The van der Waals surface area contributed by atoms with Gasteiger partial charge in [0.25, 0.3) is 0 Å². The third-order valence-corrected chi connectivity index (χ3v) is 2.29. The Bertz CT molecular complexity index is 478. The Morgan fingerprint density at radius 3 is 2.87 bits per heavy atom. The third-order valence-electron chi connectivity index (χ3n) is 1.98. The smallest absolute Gasteiger partial charge is 0.0770 e. The zero-order chi connectivity index (χ0) is 10.8. The standard InChI is InChI=1S/C10H11ClN4/c1-15-6-8(5-13-15)14-10-3-2-7(12)4-9(10)11/h2-6,14H,12H2,1H3. The molecule has 0 saturated heterocycles. The molecule has 0 amide bonds. The van der Waals surface area contributed by atoms with Crippen molar-refractivity contribution in [2.75, 3.05) is 11.1 Å². The topological polar surface area (TPSA) is 55.9 Å². The minimum atomic E-state index is 0.596. The van der Waals surface area contributed by atoms with Crippen molar-refractivity contribution in [3.63, 3.8) is 0 Å². The summed E-state index contributed by atoms with van der Waals surface area (Å²) >= 11 is 6.02. The summed E-state index contributed by atoms with van der Waals surface area (Å²) in [6, 6.07) is 5.34. The second-order valence-electron chi connectivity index (χ2n) is 3.27. The van der Waals surface area contributed by atoms with Crippen molar-refractivity contribution in [1.29, 1.82) is 0 Å². The molecule has 0 bridgehead atoms. The first-order valence-corrected chi connectivity index (χ1v) is 4.83. The molecule has 0 aliphatic rings. The minimum Gasteiger partial charge on any atom is -0.399 e. The number of hydrogen-bond donors (Lipinski definition) is 2. The van der Waals surface area contributed by atoms with Crippen LogP contribution in [0.2, 0.25) is 5.02 Å². The van der Waals surface area contributed by atoms with Crippen LogP contribution in [0.3, 0.4) is 0 Å². The number of aromatic nitrogens is 2. The van der Waals surface area contributed by atoms with Gasteiger partial charge in [0.2, 0.25) is 0 Å². The van der Waals surface area contributed by atoms with Gasteiger partial charge >= 0.3 is 0 Å². The number of halogens is 1. The molecule has 5 heteroatoms. The quantitative estimate of drug-likeness (QED) is 0.768. The maximum atomic E-state index is 6.02. The van der Waals surface area contributed by atoms with Crippen molar-refractivity contribution in [2.24, 2.45) is 7.05 Å². The first-order valence-electron chi connectivity index (χ1n) is 4.46. The van der Waals surface area contributed by atoms with E-state index in [1.807, 2.05) is 19.3 Å². The molecule has 0 saturated carbocycles. The molecule has 2 rings (SSSR count). The molecular weight excluding hydrogens is 212 g/mol. The normalized spacial score (nSPS) is 10.3. The SMILES string of the molecule is Cn1cc(Nc2ccc(N)cc2Cl)cn1. The Morgan fingerprint density at radius 2 is 2.27 bits per heavy atom. The number of hydrogen-bond acceptors (Lipinski definition) is 3. The van der Waals surface area contributed by atoms with Gasteiger partial charge in [-0.3, -0.25) is 4.68 Å². The molecule has 1 heterocycles. The summed E-state index contributed by atoms with van der Waals surface area (Å²) in [7, 11) is 1.86. The molecule has 1 aromatic carbocycles. The Labute approximate surface area is 92.7 Å². The predicted octanol–water partition coefficient (Wildman–Crippen LogP) is 2.40. The van der Waals surface area contributed by atoms with E-state index in [1.54, 1.807) is 23.0 Å². The van der Waals surface area contributed by atoms with Crippen molar-refractivity contribution < 1.29 is 0 Å². The van der Waals surface area contributed by atoms with Crippen molar-refractivity contribution >= 4 is 28.7 Å². The van der Waals surface area contributed by atoms with Gasteiger partial charge in [0, 0.05) is 18.9 Å². The van der Waals surface area contributed by atoms with Gasteiger partial charge in [0.05, 0.1) is 22.6 Å². The molecule has 0 aliphatic heterocycles. The molecule has 0 fully saturated rings. The van der Waals surface area contributed by atoms with Gasteiger partial charge in [-0.15, -0.1) is 0 Å². The molecule has 0 unspecified atom stereocenters. The van der Waals surface area contributed by atoms with E-state index >= 15 is 0 Å². The highest BCUT2D eigenvalue weighted by molar-refractivity contribution is 6.33. The summed E-state index contributed by atoms with van der Waals surface area (Å²) in [5.41, 5.74) is 7.96. The van der Waals surface area contributed by atoms with Gasteiger partial charge in [0.1, 0.15) is 0 Å².